The van der Waals surface area contributed by atoms with Gasteiger partial charge in [0.25, 0.3) is 14.1 Å². The highest BCUT2D eigenvalue weighted by atomic mass is 31.2. The minimum absolute atomic E-state index is 0.0395. The number of nitrogens with zero attached hydrogens (tertiary/aromatic N) is 5. The lowest BCUT2D eigenvalue weighted by Gasteiger charge is -2.42. The third-order valence-corrected chi connectivity index (χ3v) is 16.1. The number of nitriles is 1. The lowest BCUT2D eigenvalue weighted by molar-refractivity contribution is -0.461. The highest BCUT2D eigenvalue weighted by Gasteiger charge is 2.95. The number of nitrogens with one attached hydrogen (secondary N) is 2. The Labute approximate surface area is 486 Å². The van der Waals surface area contributed by atoms with Crippen molar-refractivity contribution in [3.05, 3.63) is 112 Å². The molecule has 480 valence electrons. The summed E-state index contributed by atoms with van der Waals surface area (Å²) in [6.07, 6.45) is -14.3. The molecule has 15 nitrogen and oxygen atoms in total. The fourth-order valence-corrected chi connectivity index (χ4v) is 10.9. The Bertz CT molecular complexity index is 3200. The Balaban J connectivity index is 1.44. The summed E-state index contributed by atoms with van der Waals surface area (Å²) in [5.74, 6) is -57.9. The van der Waals surface area contributed by atoms with Gasteiger partial charge in [-0.2, -0.15) is 84.9 Å². The third-order valence-electron chi connectivity index (χ3n) is 13.9. The van der Waals surface area contributed by atoms with Crippen LogP contribution in [0.1, 0.15) is 89.3 Å². The summed E-state index contributed by atoms with van der Waals surface area (Å²) in [5, 5.41) is 12.0. The number of alkyl halides is 17. The summed E-state index contributed by atoms with van der Waals surface area (Å²) >= 11 is 0. The van der Waals surface area contributed by atoms with Gasteiger partial charge < -0.3 is 28.0 Å². The molecule has 0 saturated carbocycles. The zero-order valence-electron chi connectivity index (χ0n) is 47.1. The molecule has 4 unspecified atom stereocenters. The minimum Gasteiger partial charge on any atom is -0.497 e. The van der Waals surface area contributed by atoms with Crippen molar-refractivity contribution in [1.29, 1.82) is 5.26 Å². The van der Waals surface area contributed by atoms with Gasteiger partial charge in [-0.15, -0.1) is 0 Å². The van der Waals surface area contributed by atoms with Gasteiger partial charge in [0.05, 0.1) is 52.4 Å². The quantitative estimate of drug-likeness (QED) is 0.0210. The van der Waals surface area contributed by atoms with E-state index < -0.39 is 123 Å². The van der Waals surface area contributed by atoms with E-state index in [0.717, 1.165) is 24.3 Å². The van der Waals surface area contributed by atoms with E-state index in [4.69, 9.17) is 28.0 Å². The van der Waals surface area contributed by atoms with E-state index in [1.807, 2.05) is 38.4 Å². The Morgan fingerprint density at radius 1 is 0.747 bits per heavy atom. The highest BCUT2D eigenvalue weighted by Crippen LogP contribution is 2.64. The fraction of sp³-hybridized carbons (Fsp3) is 0.537. The smallest absolute Gasteiger partial charge is 0.460 e. The monoisotopic (exact) mass is 1290 g/mol. The number of H-pyrrole nitrogens is 1. The van der Waals surface area contributed by atoms with Crippen molar-refractivity contribution >= 4 is 31.5 Å². The van der Waals surface area contributed by atoms with Gasteiger partial charge in [0.15, 0.2) is 11.2 Å². The Morgan fingerprint density at radius 3 is 1.69 bits per heavy atom. The summed E-state index contributed by atoms with van der Waals surface area (Å²) < 4.78 is 281. The lowest BCUT2D eigenvalue weighted by atomic mass is 9.79. The second kappa shape index (κ2) is 26.0. The van der Waals surface area contributed by atoms with Gasteiger partial charge in [-0.1, -0.05) is 62.4 Å². The average molecular weight is 1290 g/mol. The lowest BCUT2D eigenvalue weighted by Crippen LogP contribution is -2.74. The largest absolute Gasteiger partial charge is 0.497 e. The second-order valence-corrected chi connectivity index (χ2v) is 22.1. The van der Waals surface area contributed by atoms with E-state index in [2.05, 4.69) is 20.3 Å². The standard InChI is InChI=1S/C54H57F17N7O8P/c1-29(2)43(79)75-45-74-42-41(44(80)76-45)73-28-77(42)40-26-38(86-87(84-25-9-24-72)78(30(3)4)31(5)6)39(85-40)27-83-47(34-14-18-36(81-7)19-15-34,35-16-20-37(82-8)21-17-35)33-12-10-32(11-13-33)22-23-46(55,56)48(57,58)49(59,60)50(61,62)51(63,64)52(65,66)53(67,68)54(69,70)71/h10-21,28-31,38-40H,9,22-23,25-27H2,1-8H3,(H2,74,75,76,79,80). The van der Waals surface area contributed by atoms with E-state index >= 15 is 17.6 Å². The van der Waals surface area contributed by atoms with Crippen molar-refractivity contribution in [2.24, 2.45) is 5.92 Å². The zero-order valence-corrected chi connectivity index (χ0v) is 48.0. The number of amides is 1. The van der Waals surface area contributed by atoms with E-state index in [-0.39, 0.29) is 65.3 Å². The number of rotatable bonds is 28. The van der Waals surface area contributed by atoms with Crippen LogP contribution in [0.2, 0.25) is 0 Å². The molecule has 3 heterocycles. The number of aryl methyl sites for hydroxylation is 1. The van der Waals surface area contributed by atoms with Crippen LogP contribution in [0.3, 0.4) is 0 Å². The van der Waals surface area contributed by atoms with Gasteiger partial charge in [0, 0.05) is 30.8 Å². The van der Waals surface area contributed by atoms with Crippen LogP contribution in [-0.4, -0.2) is 129 Å². The molecule has 0 radical (unpaired) electrons. The molecule has 1 fully saturated rings. The number of aromatic nitrogens is 4. The molecule has 3 aromatic carbocycles. The molecule has 33 heteroatoms. The first-order chi connectivity index (χ1) is 40.2. The minimum atomic E-state index is -8.76. The van der Waals surface area contributed by atoms with Crippen molar-refractivity contribution in [2.45, 2.75) is 151 Å². The van der Waals surface area contributed by atoms with Crippen molar-refractivity contribution in [3.8, 4) is 17.6 Å². The van der Waals surface area contributed by atoms with Crippen LogP contribution >= 0.6 is 8.53 Å². The summed E-state index contributed by atoms with van der Waals surface area (Å²) in [6.45, 7) is 10.1. The maximum Gasteiger partial charge on any atom is 0.460 e. The molecule has 0 bridgehead atoms. The van der Waals surface area contributed by atoms with Gasteiger partial charge in [-0.05, 0) is 80.6 Å². The van der Waals surface area contributed by atoms with Gasteiger partial charge in [-0.3, -0.25) is 24.5 Å². The van der Waals surface area contributed by atoms with Gasteiger partial charge in [0.1, 0.15) is 29.4 Å². The SMILES string of the molecule is COc1ccc(C(OCC2OC(n3cnc4c(=O)[nH]c(NC(=O)C(C)C)nc43)CC2OP(OCCC#N)N(C(C)C)C(C)C)(c2ccc(CCC(F)(F)C(F)(F)C(F)(F)C(F)(F)C(F)(F)C(F)(F)C(F)(F)C(F)(F)F)cc2)c2ccc(OC)cc2)cc1. The van der Waals surface area contributed by atoms with Crippen LogP contribution in [-0.2, 0) is 35.3 Å². The van der Waals surface area contributed by atoms with Crippen LogP contribution in [0, 0.1) is 17.2 Å². The number of ether oxygens (including phenoxy) is 4. The first kappa shape index (κ1) is 69.7. The Kier molecular flexibility index (Phi) is 20.8. The second-order valence-electron chi connectivity index (χ2n) is 20.7. The highest BCUT2D eigenvalue weighted by molar-refractivity contribution is 7.44. The van der Waals surface area contributed by atoms with Crippen molar-refractivity contribution in [3.63, 3.8) is 0 Å². The molecule has 2 aromatic heterocycles. The summed E-state index contributed by atoms with van der Waals surface area (Å²) in [6, 6.07) is 17.9. The van der Waals surface area contributed by atoms with Crippen LogP contribution in [0.5, 0.6) is 11.5 Å². The van der Waals surface area contributed by atoms with E-state index in [1.165, 1.54) is 73.6 Å². The van der Waals surface area contributed by atoms with Gasteiger partial charge in [0.2, 0.25) is 11.9 Å². The number of carbonyl (C=O) groups is 1. The number of methoxy groups -OCH3 is 2. The van der Waals surface area contributed by atoms with Crippen LogP contribution < -0.4 is 20.3 Å². The number of carbonyl (C=O) groups excluding carboxylic acids is 1. The molecule has 1 saturated heterocycles. The number of benzene rings is 3. The number of hydrogen-bond donors (Lipinski definition) is 2. The molecular formula is C54H57F17N7O8P. The molecule has 2 N–H and O–H groups in total. The van der Waals surface area contributed by atoms with Crippen molar-refractivity contribution < 1.29 is 107 Å². The molecular weight excluding hydrogens is 1230 g/mol. The van der Waals surface area contributed by atoms with Crippen LogP contribution in [0.4, 0.5) is 80.6 Å². The topological polar surface area (TPSA) is 175 Å². The number of fused-ring (bicyclic) bond motifs is 1. The van der Waals surface area contributed by atoms with Crippen molar-refractivity contribution in [1.82, 2.24) is 24.2 Å². The molecule has 5 aromatic rings. The van der Waals surface area contributed by atoms with E-state index in [9.17, 15) is 71.9 Å². The summed E-state index contributed by atoms with van der Waals surface area (Å²) in [5.41, 5.74) is -2.84. The number of aromatic amines is 1. The van der Waals surface area contributed by atoms with Crippen LogP contribution in [0.25, 0.3) is 11.2 Å². The molecule has 1 aliphatic rings. The molecule has 87 heavy (non-hydrogen) atoms. The number of anilines is 1. The van der Waals surface area contributed by atoms with Gasteiger partial charge >= 0.3 is 47.6 Å². The molecule has 1 amide bonds. The van der Waals surface area contributed by atoms with Crippen LogP contribution in [0.15, 0.2) is 83.9 Å². The first-order valence-corrected chi connectivity index (χ1v) is 27.3. The molecule has 0 spiro atoms. The molecule has 6 rings (SSSR count). The number of halogens is 17. The summed E-state index contributed by atoms with van der Waals surface area (Å²) in [7, 11) is 0.647. The Morgan fingerprint density at radius 2 is 1.23 bits per heavy atom. The summed E-state index contributed by atoms with van der Waals surface area (Å²) in [4.78, 5) is 37.2. The van der Waals surface area contributed by atoms with Gasteiger partial charge in [-0.25, -0.2) is 9.65 Å². The van der Waals surface area contributed by atoms with E-state index in [0.29, 0.717) is 11.5 Å². The maximum atomic E-state index is 15.3. The molecule has 1 aliphatic heterocycles. The number of hydrogen-bond acceptors (Lipinski definition) is 12. The van der Waals surface area contributed by atoms with Crippen molar-refractivity contribution in [2.75, 3.05) is 32.8 Å². The zero-order chi connectivity index (χ0) is 65.3. The average Bonchev–Trinajstić information content (AvgIpc) is 1.51. The molecule has 0 aliphatic carbocycles. The van der Waals surface area contributed by atoms with E-state index in [1.54, 1.807) is 13.8 Å². The normalized spacial score (nSPS) is 17.4. The Hall–Kier alpha value is -6.39. The fourth-order valence-electron chi connectivity index (χ4n) is 9.17. The molecule has 4 atom stereocenters. The number of imidazole rings is 1. The maximum absolute atomic E-state index is 15.3. The predicted octanol–water partition coefficient (Wildman–Crippen LogP) is 13.6. The predicted molar refractivity (Wildman–Crippen MR) is 277 cm³/mol. The first-order valence-electron chi connectivity index (χ1n) is 26.1. The third kappa shape index (κ3) is 13.2.